The number of rotatable bonds is 5. The molecule has 0 aliphatic rings. The van der Waals surface area contributed by atoms with Gasteiger partial charge in [0.2, 0.25) is 0 Å². The van der Waals surface area contributed by atoms with E-state index in [4.69, 9.17) is 11.6 Å². The lowest BCUT2D eigenvalue weighted by Crippen LogP contribution is -2.43. The number of amides is 2. The Morgan fingerprint density at radius 1 is 0.871 bits per heavy atom. The molecule has 0 aliphatic carbocycles. The summed E-state index contributed by atoms with van der Waals surface area (Å²) in [6.07, 6.45) is 0. The van der Waals surface area contributed by atoms with Crippen molar-refractivity contribution in [2.75, 3.05) is 4.72 Å². The molecule has 0 saturated carbocycles. The van der Waals surface area contributed by atoms with Crippen molar-refractivity contribution in [1.29, 1.82) is 0 Å². The predicted molar refractivity (Wildman–Crippen MR) is 111 cm³/mol. The van der Waals surface area contributed by atoms with E-state index in [1.165, 1.54) is 42.5 Å². The lowest BCUT2D eigenvalue weighted by Gasteiger charge is -2.10. The van der Waals surface area contributed by atoms with Crippen LogP contribution in [0.2, 0.25) is 5.02 Å². The summed E-state index contributed by atoms with van der Waals surface area (Å²) in [7, 11) is -4.00. The second kappa shape index (κ2) is 8.85. The molecular weight excluding hydrogens is 450 g/mol. The van der Waals surface area contributed by atoms with Gasteiger partial charge in [0.15, 0.2) is 0 Å². The summed E-state index contributed by atoms with van der Waals surface area (Å²) in [4.78, 5) is 50.5. The Labute approximate surface area is 179 Å². The summed E-state index contributed by atoms with van der Waals surface area (Å²) in [6, 6.07) is 11.9. The quantitative estimate of drug-likeness (QED) is 0.347. The molecule has 0 unspecified atom stereocenters. The number of nitrogens with one attached hydrogen (secondary N) is 5. The van der Waals surface area contributed by atoms with E-state index in [9.17, 15) is 27.6 Å². The molecule has 13 heteroatoms. The molecule has 11 nitrogen and oxygen atoms in total. The number of aromatic amines is 2. The summed E-state index contributed by atoms with van der Waals surface area (Å²) in [5.41, 5.74) is 2.22. The topological polar surface area (TPSA) is 170 Å². The van der Waals surface area contributed by atoms with Crippen LogP contribution in [0.25, 0.3) is 0 Å². The summed E-state index contributed by atoms with van der Waals surface area (Å²) >= 11 is 5.78. The maximum absolute atomic E-state index is 12.6. The molecule has 1 aromatic heterocycles. The maximum atomic E-state index is 12.6. The number of carbonyl (C=O) groups excluding carboxylic acids is 2. The Morgan fingerprint density at radius 2 is 1.55 bits per heavy atom. The van der Waals surface area contributed by atoms with Crippen molar-refractivity contribution in [3.05, 3.63) is 91.7 Å². The number of hydrogen-bond acceptors (Lipinski definition) is 6. The van der Waals surface area contributed by atoms with Crippen LogP contribution >= 0.6 is 11.6 Å². The fourth-order valence-electron chi connectivity index (χ4n) is 2.38. The number of benzene rings is 2. The molecule has 5 N–H and O–H groups in total. The van der Waals surface area contributed by atoms with Crippen LogP contribution in [0, 0.1) is 0 Å². The highest BCUT2D eigenvalue weighted by atomic mass is 35.5. The molecule has 0 saturated heterocycles. The minimum Gasteiger partial charge on any atom is -0.303 e. The second-order valence-electron chi connectivity index (χ2n) is 6.05. The third kappa shape index (κ3) is 5.58. The van der Waals surface area contributed by atoms with Gasteiger partial charge in [-0.1, -0.05) is 17.7 Å². The highest BCUT2D eigenvalue weighted by Crippen LogP contribution is 2.19. The van der Waals surface area contributed by atoms with Crippen molar-refractivity contribution in [1.82, 2.24) is 20.8 Å². The van der Waals surface area contributed by atoms with Crippen LogP contribution in [0.3, 0.4) is 0 Å². The molecule has 3 aromatic rings. The van der Waals surface area contributed by atoms with Gasteiger partial charge in [-0.2, -0.15) is 0 Å². The van der Waals surface area contributed by atoms with Gasteiger partial charge in [0, 0.05) is 22.3 Å². The standard InChI is InChI=1S/C18H14ClN5O6S/c19-11-4-6-12(7-5-11)24-31(29,30)13-3-1-2-10(8-13)16(26)22-23-17(27)14-9-15(25)21-18(28)20-14/h1-9,24H,(H,22,26)(H,23,27)(H2,20,21,25,28). The van der Waals surface area contributed by atoms with Gasteiger partial charge in [0.1, 0.15) is 5.69 Å². The highest BCUT2D eigenvalue weighted by molar-refractivity contribution is 7.92. The molecule has 3 rings (SSSR count). The first-order chi connectivity index (χ1) is 14.6. The first kappa shape index (κ1) is 21.8. The summed E-state index contributed by atoms with van der Waals surface area (Å²) in [5.74, 6) is -1.78. The smallest absolute Gasteiger partial charge is 0.303 e. The van der Waals surface area contributed by atoms with Crippen molar-refractivity contribution in [2.45, 2.75) is 4.90 Å². The number of hydrazine groups is 1. The van der Waals surface area contributed by atoms with Gasteiger partial charge in [0.25, 0.3) is 27.4 Å². The van der Waals surface area contributed by atoms with E-state index in [0.29, 0.717) is 5.02 Å². The van der Waals surface area contributed by atoms with Crippen LogP contribution in [0.4, 0.5) is 5.69 Å². The Morgan fingerprint density at radius 3 is 2.23 bits per heavy atom. The Hall–Kier alpha value is -3.90. The molecule has 0 bridgehead atoms. The van der Waals surface area contributed by atoms with E-state index in [0.717, 1.165) is 12.1 Å². The fraction of sp³-hybridized carbons (Fsp3) is 0. The molecule has 31 heavy (non-hydrogen) atoms. The molecular formula is C18H14ClN5O6S. The van der Waals surface area contributed by atoms with E-state index in [1.807, 2.05) is 10.4 Å². The van der Waals surface area contributed by atoms with E-state index in [2.05, 4.69) is 15.1 Å². The van der Waals surface area contributed by atoms with Gasteiger partial charge < -0.3 is 4.98 Å². The zero-order chi connectivity index (χ0) is 22.6. The molecule has 0 spiro atoms. The number of H-pyrrole nitrogens is 2. The molecule has 0 atom stereocenters. The van der Waals surface area contributed by atoms with Crippen LogP contribution < -0.4 is 26.8 Å². The predicted octanol–water partition coefficient (Wildman–Crippen LogP) is 0.592. The Kier molecular flexibility index (Phi) is 6.22. The lowest BCUT2D eigenvalue weighted by atomic mass is 10.2. The normalized spacial score (nSPS) is 10.9. The number of aromatic nitrogens is 2. The molecule has 1 heterocycles. The Balaban J connectivity index is 1.72. The van der Waals surface area contributed by atoms with E-state index in [1.54, 1.807) is 0 Å². The molecule has 0 radical (unpaired) electrons. The zero-order valence-electron chi connectivity index (χ0n) is 15.4. The van der Waals surface area contributed by atoms with E-state index >= 15 is 0 Å². The fourth-order valence-corrected chi connectivity index (χ4v) is 3.61. The minimum atomic E-state index is -4.00. The zero-order valence-corrected chi connectivity index (χ0v) is 17.0. The monoisotopic (exact) mass is 463 g/mol. The van der Waals surface area contributed by atoms with Crippen LogP contribution in [-0.2, 0) is 10.0 Å². The average Bonchev–Trinajstić information content (AvgIpc) is 2.72. The molecule has 0 aliphatic heterocycles. The van der Waals surface area contributed by atoms with Crippen LogP contribution in [-0.4, -0.2) is 30.2 Å². The van der Waals surface area contributed by atoms with E-state index in [-0.39, 0.29) is 21.8 Å². The number of carbonyl (C=O) groups is 2. The van der Waals surface area contributed by atoms with Gasteiger partial charge in [-0.3, -0.25) is 34.9 Å². The summed E-state index contributed by atoms with van der Waals surface area (Å²) < 4.78 is 27.5. The lowest BCUT2D eigenvalue weighted by molar-refractivity contribution is 0.0843. The number of hydrogen-bond donors (Lipinski definition) is 5. The van der Waals surface area contributed by atoms with Crippen LogP contribution in [0.1, 0.15) is 20.8 Å². The SMILES string of the molecule is O=C(NNC(=O)c1cc(=O)[nH]c(=O)[nH]1)c1cccc(S(=O)(=O)Nc2ccc(Cl)cc2)c1. The first-order valence-electron chi connectivity index (χ1n) is 8.47. The maximum Gasteiger partial charge on any atom is 0.326 e. The largest absolute Gasteiger partial charge is 0.326 e. The third-order valence-corrected chi connectivity index (χ3v) is 5.43. The Bertz CT molecular complexity index is 1340. The number of halogens is 1. The summed E-state index contributed by atoms with van der Waals surface area (Å²) in [5, 5.41) is 0.438. The van der Waals surface area contributed by atoms with Crippen molar-refractivity contribution in [3.8, 4) is 0 Å². The van der Waals surface area contributed by atoms with Crippen LogP contribution in [0.15, 0.2) is 69.1 Å². The van der Waals surface area contributed by atoms with Crippen molar-refractivity contribution in [2.24, 2.45) is 0 Å². The minimum absolute atomic E-state index is 0.0707. The van der Waals surface area contributed by atoms with Gasteiger partial charge in [0.05, 0.1) is 4.90 Å². The van der Waals surface area contributed by atoms with E-state index < -0.39 is 33.1 Å². The molecule has 2 amide bonds. The average molecular weight is 464 g/mol. The van der Waals surface area contributed by atoms with Gasteiger partial charge in [-0.25, -0.2) is 13.2 Å². The second-order valence-corrected chi connectivity index (χ2v) is 8.17. The number of anilines is 1. The molecule has 160 valence electrons. The van der Waals surface area contributed by atoms with Crippen molar-refractivity contribution >= 4 is 39.1 Å². The first-order valence-corrected chi connectivity index (χ1v) is 10.3. The molecule has 2 aromatic carbocycles. The summed E-state index contributed by atoms with van der Waals surface area (Å²) in [6.45, 7) is 0. The third-order valence-electron chi connectivity index (χ3n) is 3.80. The highest BCUT2D eigenvalue weighted by Gasteiger charge is 2.17. The number of sulfonamides is 1. The van der Waals surface area contributed by atoms with Gasteiger partial charge in [-0.15, -0.1) is 0 Å². The van der Waals surface area contributed by atoms with Gasteiger partial charge >= 0.3 is 5.69 Å². The van der Waals surface area contributed by atoms with Crippen LogP contribution in [0.5, 0.6) is 0 Å². The van der Waals surface area contributed by atoms with Gasteiger partial charge in [-0.05, 0) is 42.5 Å². The van der Waals surface area contributed by atoms with Crippen molar-refractivity contribution in [3.63, 3.8) is 0 Å². The molecule has 0 fully saturated rings. The van der Waals surface area contributed by atoms with Crippen molar-refractivity contribution < 1.29 is 18.0 Å².